The van der Waals surface area contributed by atoms with E-state index >= 15 is 0 Å². The van der Waals surface area contributed by atoms with Crippen LogP contribution in [0.2, 0.25) is 0 Å². The molecule has 1 aromatic rings. The van der Waals surface area contributed by atoms with Crippen LogP contribution in [0.5, 0.6) is 0 Å². The Morgan fingerprint density at radius 2 is 2.11 bits per heavy atom. The molecule has 0 aromatic heterocycles. The Hall–Kier alpha value is -1.35. The molecule has 1 rings (SSSR count). The van der Waals surface area contributed by atoms with E-state index in [-0.39, 0.29) is 11.9 Å². The number of rotatable bonds is 4. The molecule has 0 aliphatic heterocycles. The smallest absolute Gasteiger partial charge is 0.251 e. The summed E-state index contributed by atoms with van der Waals surface area (Å²) >= 11 is 3.48. The minimum atomic E-state index is -0.0978. The molecule has 0 spiro atoms. The number of carbonyl (C=O) groups excluding carboxylic acids is 1. The molecule has 0 saturated heterocycles. The van der Waals surface area contributed by atoms with Gasteiger partial charge in [0.25, 0.3) is 5.91 Å². The number of hydrogen-bond donors (Lipinski definition) is 1. The third-order valence-corrected chi connectivity index (χ3v) is 3.38. The zero-order valence-corrected chi connectivity index (χ0v) is 12.5. The normalized spacial score (nSPS) is 11.5. The molecule has 0 saturated carbocycles. The molecule has 0 aliphatic carbocycles. The van der Waals surface area contributed by atoms with Gasteiger partial charge in [-0.1, -0.05) is 40.7 Å². The van der Waals surface area contributed by atoms with Crippen LogP contribution in [0.1, 0.15) is 25.0 Å². The lowest BCUT2D eigenvalue weighted by Gasteiger charge is -2.10. The lowest BCUT2D eigenvalue weighted by atomic mass is 10.1. The Labute approximate surface area is 117 Å². The summed E-state index contributed by atoms with van der Waals surface area (Å²) in [5.74, 6) is -0.0978. The highest BCUT2D eigenvalue weighted by Crippen LogP contribution is 2.21. The minimum absolute atomic E-state index is 0.0978. The van der Waals surface area contributed by atoms with E-state index in [4.69, 9.17) is 0 Å². The van der Waals surface area contributed by atoms with Crippen LogP contribution in [-0.4, -0.2) is 11.9 Å². The second-order valence-corrected chi connectivity index (χ2v) is 5.24. The van der Waals surface area contributed by atoms with Crippen molar-refractivity contribution in [1.82, 2.24) is 5.32 Å². The Balaban J connectivity index is 3.08. The van der Waals surface area contributed by atoms with Gasteiger partial charge in [-0.3, -0.25) is 4.79 Å². The molecule has 0 aliphatic rings. The lowest BCUT2D eigenvalue weighted by Crippen LogP contribution is -2.30. The third-order valence-electron chi connectivity index (χ3n) is 2.52. The van der Waals surface area contributed by atoms with Gasteiger partial charge in [-0.15, -0.1) is 0 Å². The van der Waals surface area contributed by atoms with Crippen LogP contribution in [0.3, 0.4) is 0 Å². The molecule has 3 heteroatoms. The van der Waals surface area contributed by atoms with Crippen molar-refractivity contribution in [3.05, 3.63) is 52.0 Å². The predicted molar refractivity (Wildman–Crippen MR) is 80.3 cm³/mol. The third kappa shape index (κ3) is 3.84. The maximum Gasteiger partial charge on any atom is 0.251 e. The first-order chi connectivity index (χ1) is 8.45. The van der Waals surface area contributed by atoms with E-state index in [0.717, 1.165) is 15.6 Å². The van der Waals surface area contributed by atoms with Gasteiger partial charge in [-0.2, -0.15) is 0 Å². The second-order valence-electron chi connectivity index (χ2n) is 4.39. The first-order valence-electron chi connectivity index (χ1n) is 5.85. The number of amides is 1. The van der Waals surface area contributed by atoms with E-state index in [1.807, 2.05) is 45.0 Å². The molecule has 1 amide bonds. The first kappa shape index (κ1) is 14.7. The standard InChI is InChI=1S/C15H18BrNO/c1-5-12(15(18)17-10(2)3)9-13-7-6-8-14(16)11(13)4/h5-10H,1H2,2-4H3,(H,17,18)/b12-9+. The van der Waals surface area contributed by atoms with Crippen molar-refractivity contribution in [2.75, 3.05) is 0 Å². The van der Waals surface area contributed by atoms with E-state index in [1.54, 1.807) is 6.08 Å². The second kappa shape index (κ2) is 6.55. The van der Waals surface area contributed by atoms with Crippen molar-refractivity contribution in [1.29, 1.82) is 0 Å². The van der Waals surface area contributed by atoms with E-state index in [2.05, 4.69) is 27.8 Å². The van der Waals surface area contributed by atoms with Crippen molar-refractivity contribution in [3.8, 4) is 0 Å². The molecular formula is C15H18BrNO. The van der Waals surface area contributed by atoms with Crippen molar-refractivity contribution < 1.29 is 4.79 Å². The molecule has 0 atom stereocenters. The van der Waals surface area contributed by atoms with E-state index < -0.39 is 0 Å². The summed E-state index contributed by atoms with van der Waals surface area (Å²) in [6, 6.07) is 6.02. The zero-order valence-electron chi connectivity index (χ0n) is 11.0. The first-order valence-corrected chi connectivity index (χ1v) is 6.65. The van der Waals surface area contributed by atoms with Gasteiger partial charge in [0.15, 0.2) is 0 Å². The van der Waals surface area contributed by atoms with Crippen LogP contribution in [-0.2, 0) is 4.79 Å². The molecule has 1 aromatic carbocycles. The SMILES string of the molecule is C=C/C(=C\c1cccc(Br)c1C)C(=O)NC(C)C. The Bertz CT molecular complexity index is 489. The van der Waals surface area contributed by atoms with E-state index in [9.17, 15) is 4.79 Å². The van der Waals surface area contributed by atoms with Gasteiger partial charge in [0, 0.05) is 16.1 Å². The van der Waals surface area contributed by atoms with Gasteiger partial charge >= 0.3 is 0 Å². The molecule has 1 N–H and O–H groups in total. The Morgan fingerprint density at radius 3 is 2.67 bits per heavy atom. The molecular weight excluding hydrogens is 290 g/mol. The minimum Gasteiger partial charge on any atom is -0.350 e. The molecule has 0 bridgehead atoms. The number of carbonyl (C=O) groups is 1. The zero-order chi connectivity index (χ0) is 13.7. The fraction of sp³-hybridized carbons (Fsp3) is 0.267. The van der Waals surface area contributed by atoms with Gasteiger partial charge in [-0.25, -0.2) is 0 Å². The number of hydrogen-bond acceptors (Lipinski definition) is 1. The van der Waals surface area contributed by atoms with Crippen molar-refractivity contribution in [2.24, 2.45) is 0 Å². The van der Waals surface area contributed by atoms with Crippen molar-refractivity contribution in [2.45, 2.75) is 26.8 Å². The largest absolute Gasteiger partial charge is 0.350 e. The molecule has 0 fully saturated rings. The van der Waals surface area contributed by atoms with Gasteiger partial charge in [0.2, 0.25) is 0 Å². The summed E-state index contributed by atoms with van der Waals surface area (Å²) < 4.78 is 1.03. The fourth-order valence-electron chi connectivity index (χ4n) is 1.51. The van der Waals surface area contributed by atoms with Crippen molar-refractivity contribution >= 4 is 27.9 Å². The van der Waals surface area contributed by atoms with Gasteiger partial charge in [-0.05, 0) is 44.0 Å². The highest BCUT2D eigenvalue weighted by molar-refractivity contribution is 9.10. The number of nitrogens with one attached hydrogen (secondary N) is 1. The maximum absolute atomic E-state index is 11.9. The predicted octanol–water partition coefficient (Wildman–Crippen LogP) is 3.85. The summed E-state index contributed by atoms with van der Waals surface area (Å²) in [5.41, 5.74) is 2.69. The summed E-state index contributed by atoms with van der Waals surface area (Å²) in [5, 5.41) is 2.86. The van der Waals surface area contributed by atoms with Crippen LogP contribution in [0.15, 0.2) is 40.9 Å². The summed E-state index contributed by atoms with van der Waals surface area (Å²) in [4.78, 5) is 11.9. The van der Waals surface area contributed by atoms with Crippen LogP contribution < -0.4 is 5.32 Å². The van der Waals surface area contributed by atoms with Gasteiger partial charge in [0.05, 0.1) is 0 Å². The molecule has 0 heterocycles. The van der Waals surface area contributed by atoms with Crippen LogP contribution in [0.4, 0.5) is 0 Å². The molecule has 0 radical (unpaired) electrons. The van der Waals surface area contributed by atoms with Crippen LogP contribution in [0.25, 0.3) is 6.08 Å². The number of benzene rings is 1. The Kier molecular flexibility index (Phi) is 5.35. The highest BCUT2D eigenvalue weighted by Gasteiger charge is 2.08. The van der Waals surface area contributed by atoms with Crippen LogP contribution in [0, 0.1) is 6.92 Å². The van der Waals surface area contributed by atoms with Gasteiger partial charge < -0.3 is 5.32 Å². The highest BCUT2D eigenvalue weighted by atomic mass is 79.9. The lowest BCUT2D eigenvalue weighted by molar-refractivity contribution is -0.117. The average molecular weight is 308 g/mol. The maximum atomic E-state index is 11.9. The summed E-state index contributed by atoms with van der Waals surface area (Å²) in [7, 11) is 0. The van der Waals surface area contributed by atoms with Crippen LogP contribution >= 0.6 is 15.9 Å². The Morgan fingerprint density at radius 1 is 1.44 bits per heavy atom. The fourth-order valence-corrected chi connectivity index (χ4v) is 1.89. The van der Waals surface area contributed by atoms with Gasteiger partial charge in [0.1, 0.15) is 0 Å². The molecule has 18 heavy (non-hydrogen) atoms. The number of halogens is 1. The molecule has 2 nitrogen and oxygen atoms in total. The average Bonchev–Trinajstić information content (AvgIpc) is 2.30. The monoisotopic (exact) mass is 307 g/mol. The topological polar surface area (TPSA) is 29.1 Å². The molecule has 96 valence electrons. The van der Waals surface area contributed by atoms with Crippen molar-refractivity contribution in [3.63, 3.8) is 0 Å². The summed E-state index contributed by atoms with van der Waals surface area (Å²) in [6.45, 7) is 9.57. The molecule has 0 unspecified atom stereocenters. The quantitative estimate of drug-likeness (QED) is 0.664. The van der Waals surface area contributed by atoms with E-state index in [0.29, 0.717) is 5.57 Å². The summed E-state index contributed by atoms with van der Waals surface area (Å²) in [6.07, 6.45) is 3.43. The van der Waals surface area contributed by atoms with E-state index in [1.165, 1.54) is 0 Å².